The van der Waals surface area contributed by atoms with Gasteiger partial charge in [-0.1, -0.05) is 13.8 Å². The smallest absolute Gasteiger partial charge is 0.130 e. The molecule has 0 aliphatic heterocycles. The number of nitrogens with zero attached hydrogens (tertiary/aromatic N) is 3. The molecule has 0 saturated carbocycles. The third kappa shape index (κ3) is 2.25. The first-order valence-electron chi connectivity index (χ1n) is 6.96. The normalized spacial score (nSPS) is 13.2. The Morgan fingerprint density at radius 3 is 2.37 bits per heavy atom. The Morgan fingerprint density at radius 2 is 1.84 bits per heavy atom. The molecule has 2 rings (SSSR count). The Kier molecular flexibility index (Phi) is 3.39. The van der Waals surface area contributed by atoms with Gasteiger partial charge < -0.3 is 10.3 Å². The average Bonchev–Trinajstić information content (AvgIpc) is 2.77. The van der Waals surface area contributed by atoms with Crippen LogP contribution in [0.15, 0.2) is 18.5 Å². The second-order valence-corrected chi connectivity index (χ2v) is 6.17. The number of rotatable bonds is 3. The fraction of sp³-hybridized carbons (Fsp3) is 0.600. The van der Waals surface area contributed by atoms with Gasteiger partial charge in [-0.2, -0.15) is 0 Å². The molecule has 2 aromatic heterocycles. The van der Waals surface area contributed by atoms with Crippen LogP contribution in [0.4, 0.5) is 0 Å². The Labute approximate surface area is 115 Å². The van der Waals surface area contributed by atoms with Crippen LogP contribution in [0.3, 0.4) is 0 Å². The van der Waals surface area contributed by atoms with Gasteiger partial charge in [0.05, 0.1) is 17.3 Å². The minimum absolute atomic E-state index is 0.0552. The fourth-order valence-corrected chi connectivity index (χ4v) is 2.51. The Bertz CT molecular complexity index is 573. The van der Waals surface area contributed by atoms with Gasteiger partial charge in [0, 0.05) is 11.7 Å². The molecule has 0 unspecified atom stereocenters. The molecule has 0 radical (unpaired) electrons. The van der Waals surface area contributed by atoms with E-state index in [4.69, 9.17) is 10.7 Å². The third-order valence-electron chi connectivity index (χ3n) is 3.83. The van der Waals surface area contributed by atoms with E-state index >= 15 is 0 Å². The minimum atomic E-state index is -0.383. The van der Waals surface area contributed by atoms with Gasteiger partial charge in [0.1, 0.15) is 11.3 Å². The number of nitrogens with two attached hydrogens (primary N) is 1. The summed E-state index contributed by atoms with van der Waals surface area (Å²) in [6, 6.07) is 2.02. The van der Waals surface area contributed by atoms with E-state index in [0.717, 1.165) is 29.7 Å². The first kappa shape index (κ1) is 14.0. The summed E-state index contributed by atoms with van der Waals surface area (Å²) < 4.78 is 2.26. The number of fused-ring (bicyclic) bond motifs is 1. The predicted molar refractivity (Wildman–Crippen MR) is 79.0 cm³/mol. The van der Waals surface area contributed by atoms with Gasteiger partial charge in [-0.25, -0.2) is 4.98 Å². The number of hydrogen-bond donors (Lipinski definition) is 1. The van der Waals surface area contributed by atoms with E-state index in [-0.39, 0.29) is 11.1 Å². The SMILES string of the molecule is CCC(N)(CC)c1nc2cnccc2n1C(C)(C)C. The van der Waals surface area contributed by atoms with Gasteiger partial charge in [0.25, 0.3) is 0 Å². The van der Waals surface area contributed by atoms with Crippen LogP contribution in [0.25, 0.3) is 11.0 Å². The third-order valence-corrected chi connectivity index (χ3v) is 3.83. The molecule has 0 aromatic carbocycles. The molecular formula is C15H24N4. The summed E-state index contributed by atoms with van der Waals surface area (Å²) in [5.41, 5.74) is 8.16. The van der Waals surface area contributed by atoms with Gasteiger partial charge in [-0.15, -0.1) is 0 Å². The lowest BCUT2D eigenvalue weighted by Gasteiger charge is -2.32. The van der Waals surface area contributed by atoms with E-state index in [2.05, 4.69) is 44.2 Å². The quantitative estimate of drug-likeness (QED) is 0.922. The lowest BCUT2D eigenvalue weighted by atomic mass is 9.92. The molecule has 0 amide bonds. The van der Waals surface area contributed by atoms with E-state index in [1.807, 2.05) is 18.5 Å². The number of pyridine rings is 1. The minimum Gasteiger partial charge on any atom is -0.321 e. The monoisotopic (exact) mass is 260 g/mol. The Morgan fingerprint density at radius 1 is 1.21 bits per heavy atom. The van der Waals surface area contributed by atoms with Crippen molar-refractivity contribution < 1.29 is 0 Å². The second-order valence-electron chi connectivity index (χ2n) is 6.17. The molecule has 4 heteroatoms. The van der Waals surface area contributed by atoms with E-state index in [0.29, 0.717) is 0 Å². The molecule has 4 nitrogen and oxygen atoms in total. The highest BCUT2D eigenvalue weighted by molar-refractivity contribution is 5.75. The molecule has 0 bridgehead atoms. The van der Waals surface area contributed by atoms with Crippen LogP contribution in [0.2, 0.25) is 0 Å². The predicted octanol–water partition coefficient (Wildman–Crippen LogP) is 3.16. The molecule has 2 aromatic rings. The zero-order valence-corrected chi connectivity index (χ0v) is 12.6. The molecule has 104 valence electrons. The molecule has 0 atom stereocenters. The van der Waals surface area contributed by atoms with Crippen molar-refractivity contribution in [2.45, 2.75) is 58.5 Å². The highest BCUT2D eigenvalue weighted by Gasteiger charge is 2.33. The van der Waals surface area contributed by atoms with Crippen molar-refractivity contribution in [2.24, 2.45) is 5.73 Å². The van der Waals surface area contributed by atoms with Crippen LogP contribution >= 0.6 is 0 Å². The molecule has 0 aliphatic rings. The zero-order valence-electron chi connectivity index (χ0n) is 12.6. The van der Waals surface area contributed by atoms with Crippen molar-refractivity contribution in [2.75, 3.05) is 0 Å². The summed E-state index contributed by atoms with van der Waals surface area (Å²) in [5, 5.41) is 0. The summed E-state index contributed by atoms with van der Waals surface area (Å²) in [6.45, 7) is 10.8. The highest BCUT2D eigenvalue weighted by atomic mass is 15.2. The fourth-order valence-electron chi connectivity index (χ4n) is 2.51. The maximum Gasteiger partial charge on any atom is 0.130 e. The standard InChI is InChI=1S/C15H24N4/c1-6-15(16,7-2)13-18-11-10-17-9-8-12(11)19(13)14(3,4)5/h8-10H,6-7,16H2,1-5H3. The molecule has 0 saturated heterocycles. The first-order chi connectivity index (χ1) is 8.83. The molecule has 0 aliphatic carbocycles. The van der Waals surface area contributed by atoms with Crippen molar-refractivity contribution in [3.8, 4) is 0 Å². The zero-order chi connectivity index (χ0) is 14.3. The van der Waals surface area contributed by atoms with Crippen molar-refractivity contribution in [1.29, 1.82) is 0 Å². The average molecular weight is 260 g/mol. The Balaban J connectivity index is 2.80. The van der Waals surface area contributed by atoms with Gasteiger partial charge in [-0.3, -0.25) is 4.98 Å². The van der Waals surface area contributed by atoms with Gasteiger partial charge in [0.15, 0.2) is 0 Å². The van der Waals surface area contributed by atoms with Crippen LogP contribution in [-0.4, -0.2) is 14.5 Å². The molecular weight excluding hydrogens is 236 g/mol. The van der Waals surface area contributed by atoms with Crippen LogP contribution in [0.5, 0.6) is 0 Å². The molecule has 0 fully saturated rings. The Hall–Kier alpha value is -1.42. The van der Waals surface area contributed by atoms with Crippen LogP contribution < -0.4 is 5.73 Å². The van der Waals surface area contributed by atoms with Gasteiger partial charge in [-0.05, 0) is 39.7 Å². The highest BCUT2D eigenvalue weighted by Crippen LogP contribution is 2.32. The summed E-state index contributed by atoms with van der Waals surface area (Å²) >= 11 is 0. The van der Waals surface area contributed by atoms with Crippen molar-refractivity contribution in [3.63, 3.8) is 0 Å². The molecule has 2 heterocycles. The van der Waals surface area contributed by atoms with E-state index in [1.165, 1.54) is 0 Å². The summed E-state index contributed by atoms with van der Waals surface area (Å²) in [5.74, 6) is 0.966. The summed E-state index contributed by atoms with van der Waals surface area (Å²) in [7, 11) is 0. The van der Waals surface area contributed by atoms with E-state index in [1.54, 1.807) is 0 Å². The van der Waals surface area contributed by atoms with Gasteiger partial charge >= 0.3 is 0 Å². The van der Waals surface area contributed by atoms with Crippen LogP contribution in [0.1, 0.15) is 53.3 Å². The van der Waals surface area contributed by atoms with E-state index in [9.17, 15) is 0 Å². The molecule has 2 N–H and O–H groups in total. The van der Waals surface area contributed by atoms with Crippen molar-refractivity contribution in [3.05, 3.63) is 24.3 Å². The maximum absolute atomic E-state index is 6.58. The van der Waals surface area contributed by atoms with Gasteiger partial charge in [0.2, 0.25) is 0 Å². The topological polar surface area (TPSA) is 56.7 Å². The maximum atomic E-state index is 6.58. The number of hydrogen-bond acceptors (Lipinski definition) is 3. The van der Waals surface area contributed by atoms with Crippen LogP contribution in [0, 0.1) is 0 Å². The largest absolute Gasteiger partial charge is 0.321 e. The summed E-state index contributed by atoms with van der Waals surface area (Å²) in [6.07, 6.45) is 5.37. The van der Waals surface area contributed by atoms with Crippen LogP contribution in [-0.2, 0) is 11.1 Å². The lowest BCUT2D eigenvalue weighted by Crippen LogP contribution is -2.41. The number of aromatic nitrogens is 3. The molecule has 19 heavy (non-hydrogen) atoms. The van der Waals surface area contributed by atoms with Crippen molar-refractivity contribution >= 4 is 11.0 Å². The second kappa shape index (κ2) is 4.60. The van der Waals surface area contributed by atoms with Crippen molar-refractivity contribution in [1.82, 2.24) is 14.5 Å². The first-order valence-corrected chi connectivity index (χ1v) is 6.96. The summed E-state index contributed by atoms with van der Waals surface area (Å²) in [4.78, 5) is 8.93. The lowest BCUT2D eigenvalue weighted by molar-refractivity contribution is 0.317. The molecule has 0 spiro atoms. The number of imidazole rings is 1. The van der Waals surface area contributed by atoms with E-state index < -0.39 is 0 Å².